The highest BCUT2D eigenvalue weighted by Gasteiger charge is 2.40. The highest BCUT2D eigenvalue weighted by Crippen LogP contribution is 2.36. The number of imide groups is 1. The lowest BCUT2D eigenvalue weighted by Crippen LogP contribution is -2.53. The van der Waals surface area contributed by atoms with Crippen LogP contribution in [0.2, 0.25) is 0 Å². The summed E-state index contributed by atoms with van der Waals surface area (Å²) in [5.74, 6) is -0.0451. The molecule has 13 nitrogen and oxygen atoms in total. The Morgan fingerprint density at radius 2 is 1.61 bits per heavy atom. The minimum absolute atomic E-state index is 0.0623. The van der Waals surface area contributed by atoms with Gasteiger partial charge in [-0.15, -0.1) is 5.10 Å². The van der Waals surface area contributed by atoms with Gasteiger partial charge in [-0.1, -0.05) is 18.2 Å². The van der Waals surface area contributed by atoms with Crippen LogP contribution in [0.25, 0.3) is 17.0 Å². The summed E-state index contributed by atoms with van der Waals surface area (Å²) in [4.78, 5) is 57.9. The second-order valence-corrected chi connectivity index (χ2v) is 16.4. The zero-order chi connectivity index (χ0) is 40.2. The van der Waals surface area contributed by atoms with Gasteiger partial charge in [0.25, 0.3) is 5.91 Å². The molecule has 8 heterocycles. The van der Waals surface area contributed by atoms with Crippen LogP contribution < -0.4 is 15.1 Å². The Bertz CT molecular complexity index is 2440. The molecule has 5 aliphatic heterocycles. The molecule has 59 heavy (non-hydrogen) atoms. The molecule has 1 N–H and O–H groups in total. The molecule has 4 fully saturated rings. The number of fused-ring (bicyclic) bond motifs is 2. The molecule has 0 spiro atoms. The standard InChI is InChI=1S/C44H46F2N10O3/c45-31-5-1-4-28(23-31)36-7-3-15-54(36)41-11-10-39-47-25-38(56(39)50-41)35-6-2-8-40(48-35)53-20-18-52(19-21-53)32-13-16-51(17-14-32)26-30-22-29-27-55(44(59)33(29)24-34(30)46)37-9-12-42(57)49-43(37)58/h1-2,4-6,8,10-11,22-25,32,36-37H,3,7,9,12-21,26-27H2,(H,49,57,58)/t36-,37?/m1/s1. The van der Waals surface area contributed by atoms with Gasteiger partial charge in [0.1, 0.15) is 35.0 Å². The zero-order valence-electron chi connectivity index (χ0n) is 32.8. The first-order valence-corrected chi connectivity index (χ1v) is 20.8. The molecule has 304 valence electrons. The first-order valence-electron chi connectivity index (χ1n) is 20.8. The van der Waals surface area contributed by atoms with Crippen LogP contribution in [-0.2, 0) is 22.7 Å². The molecule has 3 amide bonds. The molecule has 0 radical (unpaired) electrons. The van der Waals surface area contributed by atoms with Gasteiger partial charge in [0.05, 0.1) is 17.9 Å². The van der Waals surface area contributed by atoms with Crippen LogP contribution in [-0.4, -0.2) is 110 Å². The fourth-order valence-electron chi connectivity index (χ4n) is 9.80. The predicted octanol–water partition coefficient (Wildman–Crippen LogP) is 4.96. The van der Waals surface area contributed by atoms with Crippen LogP contribution in [0.1, 0.15) is 71.6 Å². The number of carbonyl (C=O) groups excluding carboxylic acids is 3. The lowest BCUT2D eigenvalue weighted by atomic mass is 10.0. The van der Waals surface area contributed by atoms with E-state index in [2.05, 4.69) is 36.0 Å². The van der Waals surface area contributed by atoms with Gasteiger partial charge in [0.2, 0.25) is 11.8 Å². The number of nitrogens with zero attached hydrogens (tertiary/aromatic N) is 9. The van der Waals surface area contributed by atoms with Crippen LogP contribution in [0.4, 0.5) is 20.4 Å². The molecule has 10 rings (SSSR count). The van der Waals surface area contributed by atoms with Crippen molar-refractivity contribution < 1.29 is 23.2 Å². The fourth-order valence-corrected chi connectivity index (χ4v) is 9.80. The highest BCUT2D eigenvalue weighted by molar-refractivity contribution is 6.05. The van der Waals surface area contributed by atoms with Gasteiger partial charge < -0.3 is 14.7 Å². The van der Waals surface area contributed by atoms with E-state index in [4.69, 9.17) is 10.1 Å². The topological polar surface area (TPSA) is 123 Å². The summed E-state index contributed by atoms with van der Waals surface area (Å²) in [7, 11) is 0. The maximum atomic E-state index is 15.4. The van der Waals surface area contributed by atoms with E-state index in [1.807, 2.05) is 41.0 Å². The quantitative estimate of drug-likeness (QED) is 0.216. The van der Waals surface area contributed by atoms with Crippen molar-refractivity contribution in [3.8, 4) is 11.4 Å². The summed E-state index contributed by atoms with van der Waals surface area (Å²) in [6.45, 7) is 6.82. The van der Waals surface area contributed by atoms with Gasteiger partial charge in [0.15, 0.2) is 5.65 Å². The van der Waals surface area contributed by atoms with Crippen molar-refractivity contribution in [2.24, 2.45) is 0 Å². The molecule has 2 aromatic carbocycles. The third-order valence-corrected chi connectivity index (χ3v) is 12.9. The Balaban J connectivity index is 0.749. The van der Waals surface area contributed by atoms with Crippen LogP contribution in [0.3, 0.4) is 0 Å². The number of pyridine rings is 1. The smallest absolute Gasteiger partial charge is 0.255 e. The van der Waals surface area contributed by atoms with E-state index in [-0.39, 0.29) is 43.1 Å². The van der Waals surface area contributed by atoms with Gasteiger partial charge in [-0.3, -0.25) is 29.5 Å². The van der Waals surface area contributed by atoms with Gasteiger partial charge >= 0.3 is 0 Å². The fraction of sp³-hybridized carbons (Fsp3) is 0.409. The van der Waals surface area contributed by atoms with Crippen molar-refractivity contribution in [3.63, 3.8) is 0 Å². The number of hydrogen-bond acceptors (Lipinski definition) is 10. The Morgan fingerprint density at radius 3 is 2.42 bits per heavy atom. The summed E-state index contributed by atoms with van der Waals surface area (Å²) in [6, 6.07) is 19.8. The number of carbonyl (C=O) groups is 3. The number of piperidine rings is 2. The van der Waals surface area contributed by atoms with E-state index in [0.29, 0.717) is 23.7 Å². The average molecular weight is 801 g/mol. The van der Waals surface area contributed by atoms with Crippen molar-refractivity contribution in [1.29, 1.82) is 0 Å². The summed E-state index contributed by atoms with van der Waals surface area (Å²) in [5.41, 5.74) is 4.90. The molecule has 1 unspecified atom stereocenters. The molecule has 15 heteroatoms. The molecule has 0 bridgehead atoms. The van der Waals surface area contributed by atoms with Crippen LogP contribution in [0, 0.1) is 11.6 Å². The summed E-state index contributed by atoms with van der Waals surface area (Å²) in [6.07, 6.45) is 6.21. The number of piperazine rings is 1. The first kappa shape index (κ1) is 37.5. The summed E-state index contributed by atoms with van der Waals surface area (Å²) >= 11 is 0. The lowest BCUT2D eigenvalue weighted by Gasteiger charge is -2.43. The Morgan fingerprint density at radius 1 is 0.780 bits per heavy atom. The normalized spacial score (nSPS) is 22.1. The van der Waals surface area contributed by atoms with Crippen LogP contribution in [0.15, 0.2) is 72.9 Å². The highest BCUT2D eigenvalue weighted by atomic mass is 19.1. The number of imidazole rings is 1. The summed E-state index contributed by atoms with van der Waals surface area (Å²) < 4.78 is 31.4. The average Bonchev–Trinajstić information content (AvgIpc) is 3.99. The molecule has 0 saturated carbocycles. The van der Waals surface area contributed by atoms with E-state index < -0.39 is 17.8 Å². The number of hydrogen-bond donors (Lipinski definition) is 1. The van der Waals surface area contributed by atoms with E-state index in [9.17, 15) is 18.8 Å². The first-order chi connectivity index (χ1) is 28.8. The van der Waals surface area contributed by atoms with Crippen LogP contribution >= 0.6 is 0 Å². The third kappa shape index (κ3) is 7.20. The molecular formula is C44H46F2N10O3. The molecule has 3 aromatic heterocycles. The number of anilines is 2. The number of nitrogens with one attached hydrogen (secondary N) is 1. The van der Waals surface area contributed by atoms with Gasteiger partial charge in [-0.05, 0) is 105 Å². The molecular weight excluding hydrogens is 755 g/mol. The number of likely N-dealkylation sites (tertiary alicyclic amines) is 1. The van der Waals surface area contributed by atoms with Crippen molar-refractivity contribution in [1.82, 2.24) is 39.6 Å². The second kappa shape index (κ2) is 15.4. The third-order valence-electron chi connectivity index (χ3n) is 12.9. The van der Waals surface area contributed by atoms with Crippen LogP contribution in [0.5, 0.6) is 0 Å². The second-order valence-electron chi connectivity index (χ2n) is 16.4. The van der Waals surface area contributed by atoms with E-state index in [1.54, 1.807) is 18.2 Å². The monoisotopic (exact) mass is 800 g/mol. The molecule has 2 atom stereocenters. The minimum atomic E-state index is -0.721. The molecule has 0 aliphatic carbocycles. The van der Waals surface area contributed by atoms with Gasteiger partial charge in [-0.25, -0.2) is 23.3 Å². The number of halogens is 2. The Kier molecular flexibility index (Phi) is 9.79. The van der Waals surface area contributed by atoms with Gasteiger partial charge in [0, 0.05) is 69.4 Å². The largest absolute Gasteiger partial charge is 0.354 e. The lowest BCUT2D eigenvalue weighted by molar-refractivity contribution is -0.136. The summed E-state index contributed by atoms with van der Waals surface area (Å²) in [5, 5.41) is 7.36. The van der Waals surface area contributed by atoms with E-state index in [0.717, 1.165) is 111 Å². The van der Waals surface area contributed by atoms with Gasteiger partial charge in [-0.2, -0.15) is 0 Å². The minimum Gasteiger partial charge on any atom is -0.354 e. The van der Waals surface area contributed by atoms with Crippen molar-refractivity contribution in [3.05, 3.63) is 107 Å². The van der Waals surface area contributed by atoms with Crippen molar-refractivity contribution >= 4 is 35.0 Å². The Hall–Kier alpha value is -5.80. The van der Waals surface area contributed by atoms with Crippen molar-refractivity contribution in [2.75, 3.05) is 55.6 Å². The SMILES string of the molecule is O=C1CCC(N2Cc3cc(CN4CCC(N5CCN(c6cccc(-c7cnc8ccc(N9CCC[C@@H]9c9cccc(F)c9)nn78)n6)CC5)CC4)c(F)cc3C2=O)C(=O)N1. The maximum absolute atomic E-state index is 15.4. The molecule has 5 aromatic rings. The number of benzene rings is 2. The molecule has 5 aliphatic rings. The zero-order valence-corrected chi connectivity index (χ0v) is 32.8. The number of aromatic nitrogens is 4. The van der Waals surface area contributed by atoms with E-state index in [1.165, 1.54) is 17.0 Å². The number of amides is 3. The Labute approximate surface area is 340 Å². The number of rotatable bonds is 8. The predicted molar refractivity (Wildman–Crippen MR) is 216 cm³/mol. The molecule has 4 saturated heterocycles. The van der Waals surface area contributed by atoms with Crippen molar-refractivity contribution in [2.45, 2.75) is 69.7 Å². The maximum Gasteiger partial charge on any atom is 0.255 e. The van der Waals surface area contributed by atoms with E-state index >= 15 is 4.39 Å².